The Morgan fingerprint density at radius 3 is 2.40 bits per heavy atom. The van der Waals surface area contributed by atoms with Crippen molar-refractivity contribution in [1.82, 2.24) is 20.0 Å². The first kappa shape index (κ1) is 15.8. The van der Waals surface area contributed by atoms with Gasteiger partial charge < -0.3 is 5.32 Å². The summed E-state index contributed by atoms with van der Waals surface area (Å²) < 4.78 is 1.82. The van der Waals surface area contributed by atoms with Gasteiger partial charge in [0.25, 0.3) is 0 Å². The van der Waals surface area contributed by atoms with Gasteiger partial charge in [-0.25, -0.2) is 4.68 Å². The van der Waals surface area contributed by atoms with E-state index < -0.39 is 0 Å². The number of hydrogen-bond acceptors (Lipinski definition) is 4. The van der Waals surface area contributed by atoms with Gasteiger partial charge in [-0.15, -0.1) is 10.2 Å². The van der Waals surface area contributed by atoms with E-state index in [-0.39, 0.29) is 5.41 Å². The first-order valence-electron chi connectivity index (χ1n) is 8.83. The minimum atomic E-state index is 0.233. The molecule has 0 amide bonds. The number of nitrogens with zero attached hydrogens (tertiary/aromatic N) is 4. The van der Waals surface area contributed by atoms with Gasteiger partial charge in [0.2, 0.25) is 0 Å². The largest absolute Gasteiger partial charge is 0.368 e. The monoisotopic (exact) mass is 333 g/mol. The fourth-order valence-electron chi connectivity index (χ4n) is 3.62. The Morgan fingerprint density at radius 2 is 1.84 bits per heavy atom. The number of rotatable bonds is 5. The predicted octanol–water partition coefficient (Wildman–Crippen LogP) is 3.81. The molecule has 2 aromatic heterocycles. The summed E-state index contributed by atoms with van der Waals surface area (Å²) in [6.07, 6.45) is 3.74. The van der Waals surface area contributed by atoms with Crippen molar-refractivity contribution in [2.75, 3.05) is 11.9 Å². The predicted molar refractivity (Wildman–Crippen MR) is 99.1 cm³/mol. The van der Waals surface area contributed by atoms with E-state index in [1.165, 1.54) is 24.8 Å². The average molecular weight is 333 g/mol. The molecule has 2 heterocycles. The molecule has 0 saturated heterocycles. The number of anilines is 1. The van der Waals surface area contributed by atoms with Crippen LogP contribution in [0.3, 0.4) is 0 Å². The minimum absolute atomic E-state index is 0.233. The van der Waals surface area contributed by atoms with Gasteiger partial charge in [-0.1, -0.05) is 36.8 Å². The smallest absolute Gasteiger partial charge is 0.176 e. The molecule has 128 valence electrons. The molecule has 5 nitrogen and oxygen atoms in total. The molecule has 0 spiro atoms. The average Bonchev–Trinajstić information content (AvgIpc) is 2.94. The fourth-order valence-corrected chi connectivity index (χ4v) is 3.62. The zero-order valence-electron chi connectivity index (χ0n) is 14.7. The molecule has 0 aliphatic heterocycles. The number of aromatic nitrogens is 4. The molecule has 1 aliphatic carbocycles. The zero-order chi connectivity index (χ0) is 17.3. The van der Waals surface area contributed by atoms with Crippen molar-refractivity contribution < 1.29 is 0 Å². The quantitative estimate of drug-likeness (QED) is 0.771. The second-order valence-electron chi connectivity index (χ2n) is 6.97. The highest BCUT2D eigenvalue weighted by atomic mass is 15.4. The third kappa shape index (κ3) is 3.02. The molecule has 3 aromatic rings. The highest BCUT2D eigenvalue weighted by Crippen LogP contribution is 2.43. The molecule has 1 fully saturated rings. The Hall–Kier alpha value is -2.69. The topological polar surface area (TPSA) is 55.6 Å². The lowest BCUT2D eigenvalue weighted by Gasteiger charge is -2.42. The van der Waals surface area contributed by atoms with Crippen molar-refractivity contribution >= 4 is 5.82 Å². The van der Waals surface area contributed by atoms with E-state index in [1.807, 2.05) is 36.7 Å². The maximum Gasteiger partial charge on any atom is 0.176 e. The molecule has 0 bridgehead atoms. The molecule has 1 aliphatic rings. The Labute approximate surface area is 148 Å². The Morgan fingerprint density at radius 1 is 1.04 bits per heavy atom. The number of nitrogens with one attached hydrogen (secondary N) is 1. The van der Waals surface area contributed by atoms with Crippen LogP contribution in [0, 0.1) is 13.8 Å². The molecule has 25 heavy (non-hydrogen) atoms. The van der Waals surface area contributed by atoms with Crippen LogP contribution in [-0.2, 0) is 5.41 Å². The van der Waals surface area contributed by atoms with E-state index in [0.717, 1.165) is 29.6 Å². The molecular weight excluding hydrogens is 310 g/mol. The summed E-state index contributed by atoms with van der Waals surface area (Å²) in [6, 6.07) is 16.8. The van der Waals surface area contributed by atoms with Crippen molar-refractivity contribution in [3.05, 3.63) is 65.5 Å². The second-order valence-corrected chi connectivity index (χ2v) is 6.97. The lowest BCUT2D eigenvalue weighted by molar-refractivity contribution is 0.260. The summed E-state index contributed by atoms with van der Waals surface area (Å²) >= 11 is 0. The van der Waals surface area contributed by atoms with Crippen molar-refractivity contribution in [2.45, 2.75) is 38.5 Å². The lowest BCUT2D eigenvalue weighted by Crippen LogP contribution is -2.41. The Balaban J connectivity index is 1.47. The van der Waals surface area contributed by atoms with Crippen LogP contribution in [0.1, 0.15) is 36.2 Å². The first-order valence-corrected chi connectivity index (χ1v) is 8.83. The third-order valence-electron chi connectivity index (χ3n) is 5.18. The van der Waals surface area contributed by atoms with Crippen LogP contribution in [-0.4, -0.2) is 26.5 Å². The van der Waals surface area contributed by atoms with Gasteiger partial charge in [0.15, 0.2) is 5.82 Å². The molecule has 0 unspecified atom stereocenters. The van der Waals surface area contributed by atoms with Crippen molar-refractivity contribution in [3.63, 3.8) is 0 Å². The summed E-state index contributed by atoms with van der Waals surface area (Å²) in [5.74, 6) is 1.56. The Kier molecular flexibility index (Phi) is 3.99. The standard InChI is InChI=1S/C20H23N5/c1-15-13-16(2)25(24-15)19-10-9-18(22-23-19)21-14-20(11-6-12-20)17-7-4-3-5-8-17/h3-5,7-10,13H,6,11-12,14H2,1-2H3,(H,21,22). The number of benzene rings is 1. The third-order valence-corrected chi connectivity index (χ3v) is 5.18. The molecule has 1 N–H and O–H groups in total. The van der Waals surface area contributed by atoms with E-state index in [1.54, 1.807) is 0 Å². The SMILES string of the molecule is Cc1cc(C)n(-c2ccc(NCC3(c4ccccc4)CCC3)nn2)n1. The summed E-state index contributed by atoms with van der Waals surface area (Å²) in [6.45, 7) is 4.90. The molecular formula is C20H23N5. The molecule has 0 atom stereocenters. The summed E-state index contributed by atoms with van der Waals surface area (Å²) in [7, 11) is 0. The zero-order valence-corrected chi connectivity index (χ0v) is 14.7. The van der Waals surface area contributed by atoms with Gasteiger partial charge in [-0.05, 0) is 50.5 Å². The molecule has 5 heteroatoms. The van der Waals surface area contributed by atoms with Gasteiger partial charge in [0.05, 0.1) is 5.69 Å². The fraction of sp³-hybridized carbons (Fsp3) is 0.350. The van der Waals surface area contributed by atoms with E-state index in [2.05, 4.69) is 50.9 Å². The molecule has 1 saturated carbocycles. The highest BCUT2D eigenvalue weighted by molar-refractivity contribution is 5.39. The van der Waals surface area contributed by atoms with Crippen LogP contribution in [0.2, 0.25) is 0 Å². The summed E-state index contributed by atoms with van der Waals surface area (Å²) in [5.41, 5.74) is 3.69. The van der Waals surface area contributed by atoms with Gasteiger partial charge in [-0.3, -0.25) is 0 Å². The second kappa shape index (κ2) is 6.31. The Bertz CT molecular complexity index is 848. The van der Waals surface area contributed by atoms with Gasteiger partial charge in [0, 0.05) is 17.7 Å². The van der Waals surface area contributed by atoms with Crippen LogP contribution >= 0.6 is 0 Å². The van der Waals surface area contributed by atoms with E-state index in [0.29, 0.717) is 0 Å². The number of aryl methyl sites for hydroxylation is 2. The summed E-state index contributed by atoms with van der Waals surface area (Å²) in [4.78, 5) is 0. The lowest BCUT2D eigenvalue weighted by atomic mass is 9.64. The summed E-state index contributed by atoms with van der Waals surface area (Å²) in [5, 5.41) is 16.6. The van der Waals surface area contributed by atoms with Crippen LogP contribution < -0.4 is 5.32 Å². The van der Waals surface area contributed by atoms with E-state index in [4.69, 9.17) is 0 Å². The van der Waals surface area contributed by atoms with Gasteiger partial charge >= 0.3 is 0 Å². The maximum absolute atomic E-state index is 4.45. The first-order chi connectivity index (χ1) is 12.2. The van der Waals surface area contributed by atoms with Crippen molar-refractivity contribution in [2.24, 2.45) is 0 Å². The normalized spacial score (nSPS) is 15.6. The number of hydrogen-bond donors (Lipinski definition) is 1. The maximum atomic E-state index is 4.45. The van der Waals surface area contributed by atoms with E-state index >= 15 is 0 Å². The molecule has 1 aromatic carbocycles. The molecule has 0 radical (unpaired) electrons. The van der Waals surface area contributed by atoms with E-state index in [9.17, 15) is 0 Å². The highest BCUT2D eigenvalue weighted by Gasteiger charge is 2.38. The molecule has 4 rings (SSSR count). The van der Waals surface area contributed by atoms with Crippen LogP contribution in [0.15, 0.2) is 48.5 Å². The van der Waals surface area contributed by atoms with Crippen molar-refractivity contribution in [1.29, 1.82) is 0 Å². The van der Waals surface area contributed by atoms with Gasteiger partial charge in [-0.2, -0.15) is 5.10 Å². The van der Waals surface area contributed by atoms with Gasteiger partial charge in [0.1, 0.15) is 5.82 Å². The minimum Gasteiger partial charge on any atom is -0.368 e. The van der Waals surface area contributed by atoms with Crippen molar-refractivity contribution in [3.8, 4) is 5.82 Å². The van der Waals surface area contributed by atoms with Crippen LogP contribution in [0.4, 0.5) is 5.82 Å². The van der Waals surface area contributed by atoms with Crippen LogP contribution in [0.25, 0.3) is 5.82 Å². The van der Waals surface area contributed by atoms with Crippen LogP contribution in [0.5, 0.6) is 0 Å².